The van der Waals surface area contributed by atoms with E-state index in [0.717, 1.165) is 15.6 Å². The van der Waals surface area contributed by atoms with Crippen molar-refractivity contribution in [1.29, 1.82) is 0 Å². The van der Waals surface area contributed by atoms with Crippen molar-refractivity contribution >= 4 is 34.5 Å². The monoisotopic (exact) mass is 229 g/mol. The van der Waals surface area contributed by atoms with Gasteiger partial charge >= 0.3 is 0 Å². The van der Waals surface area contributed by atoms with Crippen molar-refractivity contribution in [3.05, 3.63) is 39.1 Å². The molecule has 0 amide bonds. The van der Waals surface area contributed by atoms with Crippen molar-refractivity contribution in [2.24, 2.45) is 0 Å². The minimum atomic E-state index is 0.673. The first-order chi connectivity index (χ1) is 6.27. The lowest BCUT2D eigenvalue weighted by Crippen LogP contribution is -1.79. The molecule has 0 aliphatic rings. The summed E-state index contributed by atoms with van der Waals surface area (Å²) in [5, 5.41) is 2.60. The van der Waals surface area contributed by atoms with E-state index in [1.165, 1.54) is 11.3 Å². The van der Waals surface area contributed by atoms with Gasteiger partial charge in [-0.25, -0.2) is 0 Å². The SMILES string of the molecule is Clc1ccnc(-c2ccsc2Cl)c1. The Morgan fingerprint density at radius 3 is 2.69 bits per heavy atom. The van der Waals surface area contributed by atoms with Crippen molar-refractivity contribution in [2.75, 3.05) is 0 Å². The highest BCUT2D eigenvalue weighted by atomic mass is 35.5. The molecule has 2 heterocycles. The summed E-state index contributed by atoms with van der Waals surface area (Å²) in [5.74, 6) is 0. The topological polar surface area (TPSA) is 12.9 Å². The van der Waals surface area contributed by atoms with E-state index >= 15 is 0 Å². The van der Waals surface area contributed by atoms with E-state index in [1.807, 2.05) is 11.4 Å². The number of thiophene rings is 1. The van der Waals surface area contributed by atoms with Crippen LogP contribution in [0, 0.1) is 0 Å². The zero-order valence-electron chi connectivity index (χ0n) is 6.50. The van der Waals surface area contributed by atoms with Crippen molar-refractivity contribution in [3.8, 4) is 11.3 Å². The quantitative estimate of drug-likeness (QED) is 0.718. The average Bonchev–Trinajstić information content (AvgIpc) is 2.51. The number of aromatic nitrogens is 1. The average molecular weight is 230 g/mol. The highest BCUT2D eigenvalue weighted by Crippen LogP contribution is 2.31. The first kappa shape index (κ1) is 9.00. The molecule has 0 radical (unpaired) electrons. The first-order valence-corrected chi connectivity index (χ1v) is 5.26. The van der Waals surface area contributed by atoms with Gasteiger partial charge in [0.05, 0.1) is 5.69 Å². The van der Waals surface area contributed by atoms with Gasteiger partial charge in [-0.3, -0.25) is 4.98 Å². The van der Waals surface area contributed by atoms with Gasteiger partial charge in [0.25, 0.3) is 0 Å². The Labute approximate surface area is 90.0 Å². The van der Waals surface area contributed by atoms with Gasteiger partial charge in [-0.1, -0.05) is 23.2 Å². The summed E-state index contributed by atoms with van der Waals surface area (Å²) in [6, 6.07) is 5.48. The molecule has 0 saturated heterocycles. The Morgan fingerprint density at radius 1 is 1.23 bits per heavy atom. The molecule has 66 valence electrons. The normalized spacial score (nSPS) is 10.3. The van der Waals surface area contributed by atoms with Crippen LogP contribution >= 0.6 is 34.5 Å². The molecular formula is C9H5Cl2NS. The molecule has 0 bridgehead atoms. The molecule has 0 fully saturated rings. The van der Waals surface area contributed by atoms with Crippen molar-refractivity contribution in [3.63, 3.8) is 0 Å². The van der Waals surface area contributed by atoms with Crippen LogP contribution in [0.4, 0.5) is 0 Å². The van der Waals surface area contributed by atoms with Crippen LogP contribution in [0.15, 0.2) is 29.8 Å². The Balaban J connectivity index is 2.53. The van der Waals surface area contributed by atoms with Crippen LogP contribution in [0.5, 0.6) is 0 Å². The Kier molecular flexibility index (Phi) is 2.54. The third kappa shape index (κ3) is 1.85. The molecule has 0 saturated carbocycles. The van der Waals surface area contributed by atoms with E-state index in [0.29, 0.717) is 5.02 Å². The molecule has 2 aromatic heterocycles. The zero-order chi connectivity index (χ0) is 9.26. The fourth-order valence-electron chi connectivity index (χ4n) is 1.03. The predicted octanol–water partition coefficient (Wildman–Crippen LogP) is 4.12. The van der Waals surface area contributed by atoms with Gasteiger partial charge in [0.1, 0.15) is 4.34 Å². The lowest BCUT2D eigenvalue weighted by Gasteiger charge is -1.97. The van der Waals surface area contributed by atoms with Gasteiger partial charge in [0, 0.05) is 16.8 Å². The molecule has 13 heavy (non-hydrogen) atoms. The second-order valence-corrected chi connectivity index (χ2v) is 4.42. The summed E-state index contributed by atoms with van der Waals surface area (Å²) in [5.41, 5.74) is 1.76. The highest BCUT2D eigenvalue weighted by Gasteiger charge is 2.05. The summed E-state index contributed by atoms with van der Waals surface area (Å²) < 4.78 is 0.745. The molecular weight excluding hydrogens is 225 g/mol. The van der Waals surface area contributed by atoms with E-state index in [1.54, 1.807) is 18.3 Å². The van der Waals surface area contributed by atoms with Gasteiger partial charge in [0.2, 0.25) is 0 Å². The van der Waals surface area contributed by atoms with Crippen LogP contribution in [0.25, 0.3) is 11.3 Å². The van der Waals surface area contributed by atoms with Crippen LogP contribution in [-0.4, -0.2) is 4.98 Å². The Hall–Kier alpha value is -0.570. The maximum absolute atomic E-state index is 5.96. The van der Waals surface area contributed by atoms with Gasteiger partial charge in [-0.15, -0.1) is 11.3 Å². The van der Waals surface area contributed by atoms with Crippen LogP contribution in [0.1, 0.15) is 0 Å². The van der Waals surface area contributed by atoms with E-state index in [-0.39, 0.29) is 0 Å². The molecule has 0 aliphatic carbocycles. The van der Waals surface area contributed by atoms with Gasteiger partial charge in [0.15, 0.2) is 0 Å². The fourth-order valence-corrected chi connectivity index (χ4v) is 2.13. The second kappa shape index (κ2) is 3.66. The van der Waals surface area contributed by atoms with Crippen LogP contribution in [-0.2, 0) is 0 Å². The Morgan fingerprint density at radius 2 is 2.08 bits per heavy atom. The summed E-state index contributed by atoms with van der Waals surface area (Å²) >= 11 is 13.3. The van der Waals surface area contributed by atoms with Gasteiger partial charge in [-0.2, -0.15) is 0 Å². The number of hydrogen-bond donors (Lipinski definition) is 0. The third-order valence-corrected chi connectivity index (χ3v) is 3.02. The van der Waals surface area contributed by atoms with E-state index in [2.05, 4.69) is 4.98 Å². The standard InChI is InChI=1S/C9H5Cl2NS/c10-6-1-3-12-8(5-6)7-2-4-13-9(7)11/h1-5H. The number of nitrogens with zero attached hydrogens (tertiary/aromatic N) is 1. The lowest BCUT2D eigenvalue weighted by atomic mass is 10.2. The molecule has 0 N–H and O–H groups in total. The minimum Gasteiger partial charge on any atom is -0.256 e. The predicted molar refractivity (Wildman–Crippen MR) is 57.6 cm³/mol. The maximum Gasteiger partial charge on any atom is 0.102 e. The van der Waals surface area contributed by atoms with Gasteiger partial charge in [-0.05, 0) is 23.6 Å². The summed E-state index contributed by atoms with van der Waals surface area (Å²) in [6.45, 7) is 0. The molecule has 0 atom stereocenters. The smallest absolute Gasteiger partial charge is 0.102 e. The maximum atomic E-state index is 5.96. The van der Waals surface area contributed by atoms with Crippen molar-refractivity contribution in [2.45, 2.75) is 0 Å². The van der Waals surface area contributed by atoms with Crippen LogP contribution in [0.3, 0.4) is 0 Å². The van der Waals surface area contributed by atoms with E-state index in [9.17, 15) is 0 Å². The molecule has 0 aliphatic heterocycles. The number of rotatable bonds is 1. The van der Waals surface area contributed by atoms with Crippen molar-refractivity contribution < 1.29 is 0 Å². The lowest BCUT2D eigenvalue weighted by molar-refractivity contribution is 1.33. The molecule has 2 aromatic rings. The molecule has 0 aromatic carbocycles. The first-order valence-electron chi connectivity index (χ1n) is 3.62. The summed E-state index contributed by atoms with van der Waals surface area (Å²) in [6.07, 6.45) is 1.67. The van der Waals surface area contributed by atoms with Gasteiger partial charge < -0.3 is 0 Å². The van der Waals surface area contributed by atoms with Crippen molar-refractivity contribution in [1.82, 2.24) is 4.98 Å². The number of hydrogen-bond acceptors (Lipinski definition) is 2. The summed E-state index contributed by atoms with van der Waals surface area (Å²) in [7, 11) is 0. The minimum absolute atomic E-state index is 0.673. The third-order valence-electron chi connectivity index (χ3n) is 1.62. The van der Waals surface area contributed by atoms with Crippen LogP contribution < -0.4 is 0 Å². The fraction of sp³-hybridized carbons (Fsp3) is 0. The number of halogens is 2. The van der Waals surface area contributed by atoms with E-state index < -0.39 is 0 Å². The molecule has 4 heteroatoms. The largest absolute Gasteiger partial charge is 0.256 e. The molecule has 0 spiro atoms. The van der Waals surface area contributed by atoms with E-state index in [4.69, 9.17) is 23.2 Å². The highest BCUT2D eigenvalue weighted by molar-refractivity contribution is 7.15. The zero-order valence-corrected chi connectivity index (χ0v) is 8.83. The van der Waals surface area contributed by atoms with Crippen LogP contribution in [0.2, 0.25) is 9.36 Å². The summed E-state index contributed by atoms with van der Waals surface area (Å²) in [4.78, 5) is 4.18. The molecule has 1 nitrogen and oxygen atoms in total. The molecule has 2 rings (SSSR count). The molecule has 0 unspecified atom stereocenters. The second-order valence-electron chi connectivity index (χ2n) is 2.47. The Bertz CT molecular complexity index is 425. The number of pyridine rings is 1.